The normalized spacial score (nSPS) is 33.7. The van der Waals surface area contributed by atoms with Crippen molar-refractivity contribution in [2.45, 2.75) is 72.5 Å². The molecule has 1 nitrogen and oxygen atoms in total. The van der Waals surface area contributed by atoms with E-state index >= 15 is 0 Å². The molecule has 2 rings (SSSR count). The van der Waals surface area contributed by atoms with Gasteiger partial charge in [0.1, 0.15) is 0 Å². The van der Waals surface area contributed by atoms with Gasteiger partial charge in [0.05, 0.1) is 5.76 Å². The Morgan fingerprint density at radius 1 is 1.17 bits per heavy atom. The molecule has 0 aromatic heterocycles. The third kappa shape index (κ3) is 1.71. The average molecular weight is 267 g/mol. The summed E-state index contributed by atoms with van der Waals surface area (Å²) in [6.07, 6.45) is 5.15. The van der Waals surface area contributed by atoms with Crippen molar-refractivity contribution in [1.82, 2.24) is 0 Å². The van der Waals surface area contributed by atoms with Crippen molar-refractivity contribution < 1.29 is 4.43 Å². The van der Waals surface area contributed by atoms with Gasteiger partial charge in [-0.3, -0.25) is 0 Å². The predicted octanol–water partition coefficient (Wildman–Crippen LogP) is 5.35. The van der Waals surface area contributed by atoms with Gasteiger partial charge >= 0.3 is 0 Å². The predicted molar refractivity (Wildman–Crippen MR) is 81.0 cm³/mol. The molecule has 0 N–H and O–H groups in total. The molecular weight excluding hydrogens is 236 g/mol. The summed E-state index contributed by atoms with van der Waals surface area (Å²) in [4.78, 5) is 0. The number of fused-ring (bicyclic) bond motifs is 2. The molecule has 2 bridgehead atoms. The molecule has 0 radical (unpaired) electrons. The Morgan fingerprint density at radius 3 is 2.06 bits per heavy atom. The molecule has 0 aliphatic heterocycles. The van der Waals surface area contributed by atoms with Gasteiger partial charge < -0.3 is 4.43 Å². The third-order valence-electron chi connectivity index (χ3n) is 6.46. The van der Waals surface area contributed by atoms with E-state index in [0.29, 0.717) is 10.8 Å². The minimum absolute atomic E-state index is 0.301. The third-order valence-corrected chi connectivity index (χ3v) is 11.0. The van der Waals surface area contributed by atoms with Crippen LogP contribution in [0.3, 0.4) is 0 Å². The van der Waals surface area contributed by atoms with Crippen LogP contribution in [0.25, 0.3) is 0 Å². The van der Waals surface area contributed by atoms with Crippen molar-refractivity contribution in [2.75, 3.05) is 0 Å². The highest BCUT2D eigenvalue weighted by Crippen LogP contribution is 2.65. The van der Waals surface area contributed by atoms with Crippen LogP contribution < -0.4 is 0 Å². The Bertz CT molecular complexity index is 346. The van der Waals surface area contributed by atoms with Crippen molar-refractivity contribution in [3.63, 3.8) is 0 Å². The van der Waals surface area contributed by atoms with Crippen molar-refractivity contribution in [3.8, 4) is 0 Å². The van der Waals surface area contributed by atoms with Crippen LogP contribution in [-0.4, -0.2) is 8.32 Å². The van der Waals surface area contributed by atoms with Crippen molar-refractivity contribution in [1.29, 1.82) is 0 Å². The molecule has 0 saturated heterocycles. The first-order valence-electron chi connectivity index (χ1n) is 7.76. The number of hydrogen-bond acceptors (Lipinski definition) is 1. The average Bonchev–Trinajstić information content (AvgIpc) is 2.69. The zero-order chi connectivity index (χ0) is 13.6. The maximum absolute atomic E-state index is 6.72. The van der Waals surface area contributed by atoms with Crippen LogP contribution in [0.2, 0.25) is 18.1 Å². The second kappa shape index (κ2) is 4.40. The molecule has 1 saturated carbocycles. The lowest BCUT2D eigenvalue weighted by Crippen LogP contribution is -2.40. The van der Waals surface area contributed by atoms with E-state index in [0.717, 1.165) is 5.92 Å². The fourth-order valence-electron chi connectivity index (χ4n) is 3.98. The van der Waals surface area contributed by atoms with Gasteiger partial charge in [0, 0.05) is 5.41 Å². The van der Waals surface area contributed by atoms with Gasteiger partial charge in [-0.25, -0.2) is 0 Å². The van der Waals surface area contributed by atoms with E-state index in [1.807, 2.05) is 0 Å². The number of allylic oxidation sites excluding steroid dienone is 2. The molecule has 2 atom stereocenters. The SMILES string of the molecule is CC[Si](CC)(CC)OC1=C[C@H]2CC[C@]1(C)C2(C)C. The van der Waals surface area contributed by atoms with Crippen LogP contribution in [0.4, 0.5) is 0 Å². The first kappa shape index (κ1) is 14.2. The van der Waals surface area contributed by atoms with Crippen LogP contribution in [0, 0.1) is 16.7 Å². The summed E-state index contributed by atoms with van der Waals surface area (Å²) in [6.45, 7) is 14.3. The summed E-state index contributed by atoms with van der Waals surface area (Å²) in [6, 6.07) is 3.75. The first-order chi connectivity index (χ1) is 8.35. The van der Waals surface area contributed by atoms with Crippen LogP contribution in [0.1, 0.15) is 54.4 Å². The Hall–Kier alpha value is -0.243. The van der Waals surface area contributed by atoms with Crippen LogP contribution >= 0.6 is 0 Å². The maximum atomic E-state index is 6.72. The first-order valence-corrected chi connectivity index (χ1v) is 10.3. The lowest BCUT2D eigenvalue weighted by Gasteiger charge is -2.41. The van der Waals surface area contributed by atoms with Gasteiger partial charge in [0.25, 0.3) is 0 Å². The highest BCUT2D eigenvalue weighted by molar-refractivity contribution is 6.73. The van der Waals surface area contributed by atoms with Crippen molar-refractivity contribution in [2.24, 2.45) is 16.7 Å². The molecule has 0 aromatic carbocycles. The highest BCUT2D eigenvalue weighted by atomic mass is 28.4. The van der Waals surface area contributed by atoms with E-state index in [9.17, 15) is 0 Å². The zero-order valence-electron chi connectivity index (χ0n) is 13.1. The fourth-order valence-corrected chi connectivity index (χ4v) is 6.67. The Labute approximate surface area is 114 Å². The highest BCUT2D eigenvalue weighted by Gasteiger charge is 2.59. The maximum Gasteiger partial charge on any atom is 0.250 e. The number of hydrogen-bond donors (Lipinski definition) is 0. The molecule has 18 heavy (non-hydrogen) atoms. The van der Waals surface area contributed by atoms with E-state index in [1.54, 1.807) is 0 Å². The second-order valence-electron chi connectivity index (χ2n) is 7.08. The minimum Gasteiger partial charge on any atom is -0.546 e. The van der Waals surface area contributed by atoms with Gasteiger partial charge in [-0.1, -0.05) is 41.5 Å². The van der Waals surface area contributed by atoms with E-state index in [1.165, 1.54) is 36.7 Å². The van der Waals surface area contributed by atoms with E-state index in [-0.39, 0.29) is 0 Å². The second-order valence-corrected chi connectivity index (χ2v) is 11.8. The largest absolute Gasteiger partial charge is 0.546 e. The lowest BCUT2D eigenvalue weighted by atomic mass is 9.70. The molecule has 0 unspecified atom stereocenters. The van der Waals surface area contributed by atoms with Gasteiger partial charge in [-0.15, -0.1) is 0 Å². The van der Waals surface area contributed by atoms with E-state index in [4.69, 9.17) is 4.43 Å². The molecule has 0 spiro atoms. The molecular formula is C16H30OSi. The Kier molecular flexibility index (Phi) is 3.46. The molecule has 2 heteroatoms. The van der Waals surface area contributed by atoms with Gasteiger partial charge in [0.15, 0.2) is 0 Å². The van der Waals surface area contributed by atoms with Crippen LogP contribution in [0.15, 0.2) is 11.8 Å². The van der Waals surface area contributed by atoms with E-state index < -0.39 is 8.32 Å². The summed E-state index contributed by atoms with van der Waals surface area (Å²) >= 11 is 0. The summed E-state index contributed by atoms with van der Waals surface area (Å²) in [5.41, 5.74) is 0.702. The van der Waals surface area contributed by atoms with Crippen LogP contribution in [-0.2, 0) is 4.43 Å². The van der Waals surface area contributed by atoms with Gasteiger partial charge in [-0.05, 0) is 48.4 Å². The molecule has 2 aliphatic carbocycles. The Balaban J connectivity index is 2.25. The molecule has 0 aromatic rings. The summed E-state index contributed by atoms with van der Waals surface area (Å²) in [5.74, 6) is 2.11. The number of rotatable bonds is 5. The van der Waals surface area contributed by atoms with Gasteiger partial charge in [-0.2, -0.15) is 0 Å². The van der Waals surface area contributed by atoms with Gasteiger partial charge in [0.2, 0.25) is 8.32 Å². The molecule has 1 fully saturated rings. The van der Waals surface area contributed by atoms with Crippen molar-refractivity contribution >= 4 is 8.32 Å². The fraction of sp³-hybridized carbons (Fsp3) is 0.875. The van der Waals surface area contributed by atoms with E-state index in [2.05, 4.69) is 47.6 Å². The lowest BCUT2D eigenvalue weighted by molar-refractivity contribution is 0.126. The summed E-state index contributed by atoms with van der Waals surface area (Å²) < 4.78 is 6.72. The molecule has 2 aliphatic rings. The standard InChI is InChI=1S/C16H30OSi/c1-7-18(8-2,9-3)17-14-12-13-10-11-16(14,6)15(13,4)5/h12-13H,7-11H2,1-6H3/t13-,16+/m1/s1. The minimum atomic E-state index is -1.50. The summed E-state index contributed by atoms with van der Waals surface area (Å²) in [5, 5.41) is 0. The monoisotopic (exact) mass is 266 g/mol. The topological polar surface area (TPSA) is 9.23 Å². The quantitative estimate of drug-likeness (QED) is 0.610. The smallest absolute Gasteiger partial charge is 0.250 e. The molecule has 0 heterocycles. The van der Waals surface area contributed by atoms with Crippen molar-refractivity contribution in [3.05, 3.63) is 11.8 Å². The Morgan fingerprint density at radius 2 is 1.72 bits per heavy atom. The van der Waals surface area contributed by atoms with Crippen LogP contribution in [0.5, 0.6) is 0 Å². The summed E-state index contributed by atoms with van der Waals surface area (Å²) in [7, 11) is -1.50. The zero-order valence-corrected chi connectivity index (χ0v) is 14.1. The molecule has 104 valence electrons. The molecule has 0 amide bonds.